The summed E-state index contributed by atoms with van der Waals surface area (Å²) in [7, 11) is 0. The number of carboxylic acid groups (broad SMARTS) is 1. The molecular weight excluding hydrogens is 254 g/mol. The van der Waals surface area contributed by atoms with E-state index in [1.54, 1.807) is 6.92 Å². The molecule has 1 rings (SSSR count). The maximum absolute atomic E-state index is 10.6. The van der Waals surface area contributed by atoms with Crippen molar-refractivity contribution in [3.05, 3.63) is 41.1 Å². The third kappa shape index (κ3) is 6.05. The third-order valence-electron chi connectivity index (χ3n) is 2.63. The Labute approximate surface area is 120 Å². The van der Waals surface area contributed by atoms with Crippen LogP contribution < -0.4 is 0 Å². The molecule has 0 aliphatic carbocycles. The summed E-state index contributed by atoms with van der Waals surface area (Å²) in [6.45, 7) is 5.72. The van der Waals surface area contributed by atoms with Gasteiger partial charge in [0, 0.05) is 6.42 Å². The minimum Gasteiger partial charge on any atom is -0.481 e. The number of oxazole rings is 1. The molecular formula is C16H21NO3. The molecule has 1 aromatic rings. The highest BCUT2D eigenvalue weighted by molar-refractivity contribution is 5.69. The number of aliphatic carboxylic acids is 1. The Bertz CT molecular complexity index is 507. The molecule has 4 nitrogen and oxygen atoms in total. The predicted octanol–water partition coefficient (Wildman–Crippen LogP) is 3.31. The second-order valence-corrected chi connectivity index (χ2v) is 4.04. The van der Waals surface area contributed by atoms with Gasteiger partial charge < -0.3 is 9.52 Å². The number of nitrogens with zero attached hydrogens (tertiary/aromatic N) is 1. The van der Waals surface area contributed by atoms with Crippen molar-refractivity contribution in [1.29, 1.82) is 0 Å². The zero-order valence-electron chi connectivity index (χ0n) is 12.2. The molecule has 0 spiro atoms. The fraction of sp³-hybridized carbons (Fsp3) is 0.375. The second kappa shape index (κ2) is 9.62. The first-order chi connectivity index (χ1) is 9.56. The van der Waals surface area contributed by atoms with Crippen molar-refractivity contribution in [2.75, 3.05) is 0 Å². The van der Waals surface area contributed by atoms with E-state index in [2.05, 4.69) is 17.8 Å². The Morgan fingerprint density at radius 3 is 2.55 bits per heavy atom. The molecule has 0 atom stereocenters. The molecule has 0 aromatic carbocycles. The van der Waals surface area contributed by atoms with Gasteiger partial charge in [0.25, 0.3) is 0 Å². The topological polar surface area (TPSA) is 63.3 Å². The summed E-state index contributed by atoms with van der Waals surface area (Å²) in [6.07, 6.45) is 15.5. The number of aryl methyl sites for hydroxylation is 2. The highest BCUT2D eigenvalue weighted by Gasteiger charge is 2.12. The van der Waals surface area contributed by atoms with Gasteiger partial charge in [-0.25, -0.2) is 4.98 Å². The second-order valence-electron chi connectivity index (χ2n) is 4.04. The van der Waals surface area contributed by atoms with Crippen molar-refractivity contribution in [3.8, 4) is 12.8 Å². The van der Waals surface area contributed by atoms with Gasteiger partial charge in [-0.15, -0.1) is 12.8 Å². The van der Waals surface area contributed by atoms with Crippen LogP contribution in [0.4, 0.5) is 0 Å². The summed E-state index contributed by atoms with van der Waals surface area (Å²) in [4.78, 5) is 14.8. The lowest BCUT2D eigenvalue weighted by Gasteiger charge is -1.98. The van der Waals surface area contributed by atoms with E-state index < -0.39 is 5.97 Å². The maximum atomic E-state index is 10.6. The molecule has 0 saturated heterocycles. The SMILES string of the molecule is C#C.C/C=C\C(=C/C)CCc1nc(CC(=O)O)c(C)o1. The number of allylic oxidation sites excluding steroid dienone is 4. The van der Waals surface area contributed by atoms with Crippen molar-refractivity contribution >= 4 is 5.97 Å². The summed E-state index contributed by atoms with van der Waals surface area (Å²) >= 11 is 0. The Kier molecular flexibility index (Phi) is 8.53. The van der Waals surface area contributed by atoms with Crippen molar-refractivity contribution in [2.24, 2.45) is 0 Å². The maximum Gasteiger partial charge on any atom is 0.309 e. The van der Waals surface area contributed by atoms with E-state index in [0.717, 1.165) is 6.42 Å². The largest absolute Gasteiger partial charge is 0.481 e. The van der Waals surface area contributed by atoms with Crippen LogP contribution in [0.1, 0.15) is 37.6 Å². The molecule has 1 N–H and O–H groups in total. The molecule has 0 aliphatic rings. The number of hydrogen-bond donors (Lipinski definition) is 1. The monoisotopic (exact) mass is 275 g/mol. The zero-order chi connectivity index (χ0) is 15.5. The van der Waals surface area contributed by atoms with Crippen LogP contribution in [0, 0.1) is 19.8 Å². The quantitative estimate of drug-likeness (QED) is 0.639. The average Bonchev–Trinajstić information content (AvgIpc) is 2.76. The normalized spacial score (nSPS) is 11.2. The molecule has 1 aromatic heterocycles. The van der Waals surface area contributed by atoms with E-state index in [9.17, 15) is 4.79 Å². The summed E-state index contributed by atoms with van der Waals surface area (Å²) in [5.41, 5.74) is 1.73. The first kappa shape index (κ1) is 17.7. The minimum absolute atomic E-state index is 0.0827. The summed E-state index contributed by atoms with van der Waals surface area (Å²) < 4.78 is 5.46. The van der Waals surface area contributed by atoms with Crippen LogP contribution in [0.5, 0.6) is 0 Å². The smallest absolute Gasteiger partial charge is 0.309 e. The third-order valence-corrected chi connectivity index (χ3v) is 2.63. The Balaban J connectivity index is 0.00000172. The lowest BCUT2D eigenvalue weighted by atomic mass is 10.1. The predicted molar refractivity (Wildman–Crippen MR) is 79.4 cm³/mol. The van der Waals surface area contributed by atoms with E-state index in [4.69, 9.17) is 9.52 Å². The van der Waals surface area contributed by atoms with Crippen LogP contribution in [-0.4, -0.2) is 16.1 Å². The Morgan fingerprint density at radius 2 is 2.05 bits per heavy atom. The van der Waals surface area contributed by atoms with Gasteiger partial charge in [0.15, 0.2) is 5.89 Å². The van der Waals surface area contributed by atoms with Gasteiger partial charge in [0.2, 0.25) is 0 Å². The van der Waals surface area contributed by atoms with Crippen molar-refractivity contribution in [2.45, 2.75) is 40.0 Å². The highest BCUT2D eigenvalue weighted by atomic mass is 16.4. The Morgan fingerprint density at radius 1 is 1.40 bits per heavy atom. The number of carboxylic acids is 1. The molecule has 108 valence electrons. The average molecular weight is 275 g/mol. The molecule has 0 fully saturated rings. The lowest BCUT2D eigenvalue weighted by Crippen LogP contribution is -2.01. The van der Waals surface area contributed by atoms with Crippen LogP contribution in [0.3, 0.4) is 0 Å². The highest BCUT2D eigenvalue weighted by Crippen LogP contribution is 2.15. The summed E-state index contributed by atoms with van der Waals surface area (Å²) in [6, 6.07) is 0. The fourth-order valence-corrected chi connectivity index (χ4v) is 1.69. The molecule has 0 saturated carbocycles. The standard InChI is InChI=1S/C14H19NO3.C2H2/c1-4-6-11(5-2)7-8-13-15-12(9-14(16)17)10(3)18-13;1-2/h4-6H,7-9H2,1-3H3,(H,16,17);1-2H/b6-4-,11-5+;. The van der Waals surface area contributed by atoms with Crippen LogP contribution in [0.25, 0.3) is 0 Å². The fourth-order valence-electron chi connectivity index (χ4n) is 1.69. The minimum atomic E-state index is -0.888. The number of carbonyl (C=O) groups is 1. The van der Waals surface area contributed by atoms with Gasteiger partial charge >= 0.3 is 5.97 Å². The van der Waals surface area contributed by atoms with Crippen molar-refractivity contribution < 1.29 is 14.3 Å². The van der Waals surface area contributed by atoms with Crippen LogP contribution >= 0.6 is 0 Å². The molecule has 0 radical (unpaired) electrons. The Hall–Kier alpha value is -2.28. The number of terminal acetylenes is 1. The number of hydrogen-bond acceptors (Lipinski definition) is 3. The molecule has 20 heavy (non-hydrogen) atoms. The van der Waals surface area contributed by atoms with Gasteiger partial charge in [-0.05, 0) is 27.2 Å². The van der Waals surface area contributed by atoms with Gasteiger partial charge in [-0.2, -0.15) is 0 Å². The summed E-state index contributed by atoms with van der Waals surface area (Å²) in [5, 5.41) is 8.73. The van der Waals surface area contributed by atoms with E-state index in [0.29, 0.717) is 23.8 Å². The van der Waals surface area contributed by atoms with Crippen molar-refractivity contribution in [3.63, 3.8) is 0 Å². The first-order valence-electron chi connectivity index (χ1n) is 6.35. The first-order valence-corrected chi connectivity index (χ1v) is 6.35. The molecule has 0 aliphatic heterocycles. The molecule has 4 heteroatoms. The van der Waals surface area contributed by atoms with Crippen LogP contribution in [0.15, 0.2) is 28.2 Å². The molecule has 0 bridgehead atoms. The van der Waals surface area contributed by atoms with E-state index in [1.807, 2.05) is 32.1 Å². The number of aromatic nitrogens is 1. The van der Waals surface area contributed by atoms with Gasteiger partial charge in [-0.1, -0.05) is 23.8 Å². The van der Waals surface area contributed by atoms with Gasteiger partial charge in [0.1, 0.15) is 5.76 Å². The van der Waals surface area contributed by atoms with Crippen LogP contribution in [-0.2, 0) is 17.6 Å². The lowest BCUT2D eigenvalue weighted by molar-refractivity contribution is -0.136. The van der Waals surface area contributed by atoms with E-state index >= 15 is 0 Å². The van der Waals surface area contributed by atoms with Gasteiger partial charge in [0.05, 0.1) is 12.1 Å². The summed E-state index contributed by atoms with van der Waals surface area (Å²) in [5.74, 6) is 0.314. The van der Waals surface area contributed by atoms with E-state index in [1.165, 1.54) is 5.57 Å². The number of rotatable bonds is 6. The van der Waals surface area contributed by atoms with Gasteiger partial charge in [-0.3, -0.25) is 4.79 Å². The molecule has 0 amide bonds. The molecule has 0 unspecified atom stereocenters. The van der Waals surface area contributed by atoms with Crippen LogP contribution in [0.2, 0.25) is 0 Å². The van der Waals surface area contributed by atoms with Crippen molar-refractivity contribution in [1.82, 2.24) is 4.98 Å². The molecule has 1 heterocycles. The van der Waals surface area contributed by atoms with E-state index in [-0.39, 0.29) is 6.42 Å². The zero-order valence-corrected chi connectivity index (χ0v) is 12.2.